The topological polar surface area (TPSA) is 61.4 Å². The van der Waals surface area contributed by atoms with Crippen molar-refractivity contribution in [2.45, 2.75) is 64.0 Å². The first-order valence-corrected chi connectivity index (χ1v) is 8.51. The Hall–Kier alpha value is -1.36. The van der Waals surface area contributed by atoms with Crippen LogP contribution in [0.4, 0.5) is 0 Å². The highest BCUT2D eigenvalue weighted by molar-refractivity contribution is 5.83. The zero-order valence-electron chi connectivity index (χ0n) is 13.9. The first-order valence-electron chi connectivity index (χ1n) is 8.51. The predicted octanol–water partition coefficient (Wildman–Crippen LogP) is 1.59. The van der Waals surface area contributed by atoms with Crippen molar-refractivity contribution < 1.29 is 9.59 Å². The second-order valence-electron chi connectivity index (χ2n) is 6.58. The van der Waals surface area contributed by atoms with Crippen LogP contribution in [0.15, 0.2) is 11.6 Å². The number of carbonyl (C=O) groups is 2. The van der Waals surface area contributed by atoms with Crippen molar-refractivity contribution in [2.24, 2.45) is 0 Å². The van der Waals surface area contributed by atoms with E-state index in [1.165, 1.54) is 31.3 Å². The summed E-state index contributed by atoms with van der Waals surface area (Å²) in [6, 6.07) is 0.0825. The highest BCUT2D eigenvalue weighted by atomic mass is 16.2. The van der Waals surface area contributed by atoms with Gasteiger partial charge in [0.25, 0.3) is 0 Å². The molecule has 5 nitrogen and oxygen atoms in total. The summed E-state index contributed by atoms with van der Waals surface area (Å²) < 4.78 is 0. The summed E-state index contributed by atoms with van der Waals surface area (Å²) in [6.07, 6.45) is 10.3. The first kappa shape index (κ1) is 17.0. The molecule has 1 atom stereocenters. The fourth-order valence-electron chi connectivity index (χ4n) is 2.69. The van der Waals surface area contributed by atoms with Gasteiger partial charge in [0.15, 0.2) is 0 Å². The molecule has 1 unspecified atom stereocenters. The van der Waals surface area contributed by atoms with E-state index in [-0.39, 0.29) is 24.4 Å². The molecular formula is C17H29N3O2. The average Bonchev–Trinajstić information content (AvgIpc) is 3.31. The fraction of sp³-hybridized carbons (Fsp3) is 0.765. The van der Waals surface area contributed by atoms with Gasteiger partial charge >= 0.3 is 0 Å². The van der Waals surface area contributed by atoms with Gasteiger partial charge < -0.3 is 10.6 Å². The SMILES string of the molecule is CC(C(=O)NCCC1=CCCCC1)N(C)CC(=O)NC1CC1. The Morgan fingerprint density at radius 2 is 2.14 bits per heavy atom. The summed E-state index contributed by atoms with van der Waals surface area (Å²) in [5.41, 5.74) is 1.47. The number of nitrogens with zero attached hydrogens (tertiary/aromatic N) is 1. The third-order valence-electron chi connectivity index (χ3n) is 4.51. The van der Waals surface area contributed by atoms with Gasteiger partial charge in [-0.2, -0.15) is 0 Å². The van der Waals surface area contributed by atoms with Gasteiger partial charge in [-0.05, 0) is 58.9 Å². The Morgan fingerprint density at radius 3 is 2.77 bits per heavy atom. The Morgan fingerprint density at radius 1 is 1.36 bits per heavy atom. The maximum absolute atomic E-state index is 12.1. The minimum atomic E-state index is -0.287. The second-order valence-corrected chi connectivity index (χ2v) is 6.58. The summed E-state index contributed by atoms with van der Waals surface area (Å²) >= 11 is 0. The van der Waals surface area contributed by atoms with Crippen LogP contribution in [0.5, 0.6) is 0 Å². The standard InChI is InChI=1S/C17H29N3O2/c1-13(20(2)12-16(21)19-15-8-9-15)17(22)18-11-10-14-6-4-3-5-7-14/h6,13,15H,3-5,7-12H2,1-2H3,(H,18,22)(H,19,21). The molecule has 0 aromatic rings. The van der Waals surface area contributed by atoms with Crippen molar-refractivity contribution in [1.82, 2.24) is 15.5 Å². The molecule has 22 heavy (non-hydrogen) atoms. The highest BCUT2D eigenvalue weighted by Gasteiger charge is 2.25. The van der Waals surface area contributed by atoms with Crippen molar-refractivity contribution >= 4 is 11.8 Å². The highest BCUT2D eigenvalue weighted by Crippen LogP contribution is 2.19. The zero-order chi connectivity index (χ0) is 15.9. The predicted molar refractivity (Wildman–Crippen MR) is 87.4 cm³/mol. The Bertz CT molecular complexity index is 430. The van der Waals surface area contributed by atoms with E-state index in [0.29, 0.717) is 12.6 Å². The number of hydrogen-bond acceptors (Lipinski definition) is 3. The number of nitrogens with one attached hydrogen (secondary N) is 2. The van der Waals surface area contributed by atoms with E-state index in [0.717, 1.165) is 19.3 Å². The lowest BCUT2D eigenvalue weighted by Gasteiger charge is -2.23. The number of carbonyl (C=O) groups excluding carboxylic acids is 2. The summed E-state index contributed by atoms with van der Waals surface area (Å²) in [4.78, 5) is 25.7. The molecule has 124 valence electrons. The molecule has 2 amide bonds. The van der Waals surface area contributed by atoms with Gasteiger partial charge in [0.1, 0.15) is 0 Å². The van der Waals surface area contributed by atoms with E-state index >= 15 is 0 Å². The van der Waals surface area contributed by atoms with Crippen LogP contribution in [0.3, 0.4) is 0 Å². The number of likely N-dealkylation sites (N-methyl/N-ethyl adjacent to an activating group) is 1. The van der Waals surface area contributed by atoms with Gasteiger partial charge in [-0.1, -0.05) is 11.6 Å². The normalized spacial score (nSPS) is 19.5. The van der Waals surface area contributed by atoms with Gasteiger partial charge in [0, 0.05) is 12.6 Å². The van der Waals surface area contributed by atoms with Gasteiger partial charge in [0.2, 0.25) is 11.8 Å². The Balaban J connectivity index is 1.64. The van der Waals surface area contributed by atoms with Crippen molar-refractivity contribution in [2.75, 3.05) is 20.1 Å². The van der Waals surface area contributed by atoms with Crippen LogP contribution in [0.25, 0.3) is 0 Å². The smallest absolute Gasteiger partial charge is 0.237 e. The molecule has 5 heteroatoms. The monoisotopic (exact) mass is 307 g/mol. The van der Waals surface area contributed by atoms with E-state index in [2.05, 4.69) is 16.7 Å². The van der Waals surface area contributed by atoms with E-state index < -0.39 is 0 Å². The lowest BCUT2D eigenvalue weighted by Crippen LogP contribution is -2.47. The summed E-state index contributed by atoms with van der Waals surface area (Å²) in [6.45, 7) is 2.81. The van der Waals surface area contributed by atoms with E-state index in [1.807, 2.05) is 14.0 Å². The first-order chi connectivity index (χ1) is 10.6. The summed E-state index contributed by atoms with van der Waals surface area (Å²) in [7, 11) is 1.82. The lowest BCUT2D eigenvalue weighted by molar-refractivity contribution is -0.127. The Kier molecular flexibility index (Phi) is 6.43. The van der Waals surface area contributed by atoms with Crippen LogP contribution in [0.1, 0.15) is 51.9 Å². The van der Waals surface area contributed by atoms with Gasteiger partial charge in [0.05, 0.1) is 12.6 Å². The van der Waals surface area contributed by atoms with Gasteiger partial charge in [-0.25, -0.2) is 0 Å². The van der Waals surface area contributed by atoms with Crippen LogP contribution in [-0.2, 0) is 9.59 Å². The van der Waals surface area contributed by atoms with Crippen LogP contribution < -0.4 is 10.6 Å². The van der Waals surface area contributed by atoms with Crippen LogP contribution in [-0.4, -0.2) is 48.9 Å². The number of allylic oxidation sites excluding steroid dienone is 1. The lowest BCUT2D eigenvalue weighted by atomic mass is 9.97. The zero-order valence-corrected chi connectivity index (χ0v) is 13.9. The second kappa shape index (κ2) is 8.32. The van der Waals surface area contributed by atoms with Crippen LogP contribution in [0.2, 0.25) is 0 Å². The molecule has 1 fully saturated rings. The largest absolute Gasteiger partial charge is 0.354 e. The molecule has 2 aliphatic carbocycles. The maximum Gasteiger partial charge on any atom is 0.237 e. The summed E-state index contributed by atoms with van der Waals surface area (Å²) in [5, 5.41) is 5.93. The Labute approximate surface area is 133 Å². The molecule has 0 radical (unpaired) electrons. The van der Waals surface area contributed by atoms with Crippen molar-refractivity contribution in [3.63, 3.8) is 0 Å². The molecule has 1 saturated carbocycles. The molecule has 0 aromatic heterocycles. The third kappa shape index (κ3) is 5.79. The summed E-state index contributed by atoms with van der Waals surface area (Å²) in [5.74, 6) is 0.00939. The third-order valence-corrected chi connectivity index (χ3v) is 4.51. The van der Waals surface area contributed by atoms with Crippen molar-refractivity contribution in [3.05, 3.63) is 11.6 Å². The van der Waals surface area contributed by atoms with Crippen molar-refractivity contribution in [1.29, 1.82) is 0 Å². The molecule has 0 bridgehead atoms. The number of rotatable bonds is 8. The molecular weight excluding hydrogens is 278 g/mol. The van der Waals surface area contributed by atoms with Crippen molar-refractivity contribution in [3.8, 4) is 0 Å². The molecule has 2 rings (SSSR count). The molecule has 0 saturated heterocycles. The minimum absolute atomic E-state index is 0.00173. The molecule has 0 heterocycles. The van der Waals surface area contributed by atoms with Gasteiger partial charge in [-0.15, -0.1) is 0 Å². The molecule has 2 aliphatic rings. The average molecular weight is 307 g/mol. The van der Waals surface area contributed by atoms with Gasteiger partial charge in [-0.3, -0.25) is 14.5 Å². The number of amides is 2. The van der Waals surface area contributed by atoms with E-state index in [9.17, 15) is 9.59 Å². The molecule has 0 aliphatic heterocycles. The molecule has 0 aromatic carbocycles. The minimum Gasteiger partial charge on any atom is -0.354 e. The molecule has 2 N–H and O–H groups in total. The fourth-order valence-corrected chi connectivity index (χ4v) is 2.69. The quantitative estimate of drug-likeness (QED) is 0.670. The van der Waals surface area contributed by atoms with Crippen LogP contribution >= 0.6 is 0 Å². The molecule has 0 spiro atoms. The van der Waals surface area contributed by atoms with Crippen LogP contribution in [0, 0.1) is 0 Å². The van der Waals surface area contributed by atoms with E-state index in [1.54, 1.807) is 4.90 Å². The van der Waals surface area contributed by atoms with E-state index in [4.69, 9.17) is 0 Å². The number of hydrogen-bond donors (Lipinski definition) is 2. The maximum atomic E-state index is 12.1.